The Labute approximate surface area is 118 Å². The molecule has 0 aliphatic heterocycles. The van der Waals surface area contributed by atoms with Gasteiger partial charge in [0.25, 0.3) is 5.92 Å². The molecular weight excluding hydrogens is 324 g/mol. The van der Waals surface area contributed by atoms with Crippen molar-refractivity contribution in [1.82, 2.24) is 0 Å². The number of alkyl halides is 5. The number of hydrogen-bond donors (Lipinski definition) is 2. The highest BCUT2D eigenvalue weighted by Gasteiger charge is 2.67. The lowest BCUT2D eigenvalue weighted by atomic mass is 9.78. The van der Waals surface area contributed by atoms with Crippen LogP contribution in [0.3, 0.4) is 0 Å². The lowest BCUT2D eigenvalue weighted by Gasteiger charge is -2.39. The van der Waals surface area contributed by atoms with Crippen LogP contribution in [0.4, 0.5) is 40.8 Å². The zero-order valence-electron chi connectivity index (χ0n) is 10.5. The van der Waals surface area contributed by atoms with Gasteiger partial charge in [0.05, 0.1) is 11.4 Å². The summed E-state index contributed by atoms with van der Waals surface area (Å²) in [5, 5.41) is 0. The molecule has 1 aromatic rings. The van der Waals surface area contributed by atoms with Crippen molar-refractivity contribution in [3.05, 3.63) is 40.9 Å². The fourth-order valence-corrected chi connectivity index (χ4v) is 2.23. The fourth-order valence-electron chi connectivity index (χ4n) is 2.23. The lowest BCUT2D eigenvalue weighted by molar-refractivity contribution is -0.168. The molecule has 0 heterocycles. The van der Waals surface area contributed by atoms with E-state index in [9.17, 15) is 35.1 Å². The normalized spacial score (nSPS) is 27.1. The van der Waals surface area contributed by atoms with E-state index in [4.69, 9.17) is 5.73 Å². The molecule has 10 heteroatoms. The van der Waals surface area contributed by atoms with Crippen LogP contribution in [0, 0.1) is 11.6 Å². The smallest absolute Gasteiger partial charge is 0.313 e. The lowest BCUT2D eigenvalue weighted by Crippen LogP contribution is -2.53. The summed E-state index contributed by atoms with van der Waals surface area (Å²) in [6.07, 6.45) is -3.61. The third kappa shape index (κ3) is 2.08. The maximum absolute atomic E-state index is 13.8. The molecule has 0 saturated heterocycles. The van der Waals surface area contributed by atoms with Gasteiger partial charge in [0, 0.05) is 11.6 Å². The summed E-state index contributed by atoms with van der Waals surface area (Å²) >= 11 is 0. The van der Waals surface area contributed by atoms with Gasteiger partial charge >= 0.3 is 5.92 Å². The first-order valence-electron chi connectivity index (χ1n) is 5.72. The summed E-state index contributed by atoms with van der Waals surface area (Å²) in [5.41, 5.74) is 5.13. The molecule has 122 valence electrons. The number of nitrogens with two attached hydrogens (primary N) is 2. The van der Waals surface area contributed by atoms with Gasteiger partial charge in [-0.2, -0.15) is 8.78 Å². The Morgan fingerprint density at radius 1 is 0.909 bits per heavy atom. The highest BCUT2D eigenvalue weighted by atomic mass is 19.3. The van der Waals surface area contributed by atoms with Crippen LogP contribution in [0.5, 0.6) is 0 Å². The average Bonchev–Trinajstić information content (AvgIpc) is 2.40. The van der Waals surface area contributed by atoms with Crippen molar-refractivity contribution >= 4 is 5.69 Å². The molecule has 1 aliphatic rings. The van der Waals surface area contributed by atoms with Crippen LogP contribution in [0.2, 0.25) is 0 Å². The third-order valence-electron chi connectivity index (χ3n) is 3.33. The number of halogens is 8. The summed E-state index contributed by atoms with van der Waals surface area (Å²) in [6, 6.07) is 0.127. The Morgan fingerprint density at radius 2 is 1.45 bits per heavy atom. The number of hydrogen-bond acceptors (Lipinski definition) is 2. The van der Waals surface area contributed by atoms with E-state index in [1.54, 1.807) is 0 Å². The first kappa shape index (κ1) is 16.4. The van der Waals surface area contributed by atoms with Gasteiger partial charge < -0.3 is 11.5 Å². The Kier molecular flexibility index (Phi) is 3.53. The minimum Gasteiger partial charge on any atom is -0.397 e. The number of nitrogen functional groups attached to an aromatic ring is 1. The van der Waals surface area contributed by atoms with Crippen molar-refractivity contribution < 1.29 is 35.1 Å². The molecule has 0 amide bonds. The molecular formula is C12H8F8N2. The molecule has 0 saturated carbocycles. The van der Waals surface area contributed by atoms with E-state index in [2.05, 4.69) is 5.73 Å². The SMILES string of the molecule is NC1=C(F)C(F)(F)C(c2cc(F)c(N)cc2F)C(F)(F)C1F. The fraction of sp³-hybridized carbons (Fsp3) is 0.333. The van der Waals surface area contributed by atoms with Crippen molar-refractivity contribution in [2.45, 2.75) is 23.9 Å². The molecule has 1 aromatic carbocycles. The largest absolute Gasteiger partial charge is 0.397 e. The van der Waals surface area contributed by atoms with Crippen molar-refractivity contribution in [3.8, 4) is 0 Å². The van der Waals surface area contributed by atoms with Gasteiger partial charge in [0.1, 0.15) is 17.6 Å². The predicted molar refractivity (Wildman–Crippen MR) is 60.6 cm³/mol. The molecule has 0 fully saturated rings. The zero-order chi connectivity index (χ0) is 17.0. The second-order valence-electron chi connectivity index (χ2n) is 4.76. The monoisotopic (exact) mass is 332 g/mol. The summed E-state index contributed by atoms with van der Waals surface area (Å²) in [6.45, 7) is 0. The number of benzene rings is 1. The van der Waals surface area contributed by atoms with Crippen LogP contribution >= 0.6 is 0 Å². The standard InChI is InChI=1S/C12H8F8N2/c13-4-2-6(21)5(14)1-3(4)8-11(17,18)9(15)7(22)10(16)12(8,19)20/h1-2,8-9H,21-22H2. The predicted octanol–water partition coefficient (Wildman–Crippen LogP) is 3.39. The molecule has 1 aliphatic carbocycles. The molecule has 22 heavy (non-hydrogen) atoms. The van der Waals surface area contributed by atoms with Gasteiger partial charge in [0.2, 0.25) is 6.17 Å². The molecule has 2 nitrogen and oxygen atoms in total. The Balaban J connectivity index is 2.75. The Morgan fingerprint density at radius 3 is 2.00 bits per heavy atom. The molecule has 2 rings (SSSR count). The number of rotatable bonds is 1. The molecule has 0 spiro atoms. The summed E-state index contributed by atoms with van der Waals surface area (Å²) < 4.78 is 109. The Hall–Kier alpha value is -2.00. The maximum Gasteiger partial charge on any atom is 0.313 e. The van der Waals surface area contributed by atoms with Crippen LogP contribution < -0.4 is 11.5 Å². The van der Waals surface area contributed by atoms with Gasteiger partial charge in [-0.25, -0.2) is 26.3 Å². The molecule has 0 radical (unpaired) electrons. The van der Waals surface area contributed by atoms with Crippen LogP contribution in [-0.4, -0.2) is 18.0 Å². The van der Waals surface area contributed by atoms with E-state index in [1.807, 2.05) is 0 Å². The van der Waals surface area contributed by atoms with E-state index >= 15 is 0 Å². The van der Waals surface area contributed by atoms with Crippen LogP contribution in [0.1, 0.15) is 11.5 Å². The van der Waals surface area contributed by atoms with Gasteiger partial charge in [-0.1, -0.05) is 0 Å². The first-order chi connectivity index (χ1) is 9.92. The number of anilines is 1. The molecule has 2 atom stereocenters. The van der Waals surface area contributed by atoms with Crippen molar-refractivity contribution in [1.29, 1.82) is 0 Å². The summed E-state index contributed by atoms with van der Waals surface area (Å²) in [5.74, 6) is -19.5. The minimum absolute atomic E-state index is 0.0430. The second-order valence-corrected chi connectivity index (χ2v) is 4.76. The quantitative estimate of drug-likeness (QED) is 0.612. The minimum atomic E-state index is -5.03. The van der Waals surface area contributed by atoms with Gasteiger partial charge in [-0.15, -0.1) is 0 Å². The van der Waals surface area contributed by atoms with E-state index in [-0.39, 0.29) is 12.1 Å². The van der Waals surface area contributed by atoms with Crippen molar-refractivity contribution in [2.24, 2.45) is 5.73 Å². The summed E-state index contributed by atoms with van der Waals surface area (Å²) in [7, 11) is 0. The summed E-state index contributed by atoms with van der Waals surface area (Å²) in [4.78, 5) is 0. The van der Waals surface area contributed by atoms with E-state index < -0.39 is 58.3 Å². The molecule has 0 aromatic heterocycles. The van der Waals surface area contributed by atoms with Gasteiger partial charge in [-0.05, 0) is 6.07 Å². The van der Waals surface area contributed by atoms with E-state index in [1.165, 1.54) is 0 Å². The van der Waals surface area contributed by atoms with Crippen LogP contribution in [0.25, 0.3) is 0 Å². The highest BCUT2D eigenvalue weighted by Crippen LogP contribution is 2.56. The maximum atomic E-state index is 13.8. The highest BCUT2D eigenvalue weighted by molar-refractivity contribution is 5.46. The second kappa shape index (κ2) is 4.75. The van der Waals surface area contributed by atoms with E-state index in [0.717, 1.165) is 0 Å². The first-order valence-corrected chi connectivity index (χ1v) is 5.72. The van der Waals surface area contributed by atoms with Gasteiger partial charge in [-0.3, -0.25) is 0 Å². The molecule has 4 N–H and O–H groups in total. The zero-order valence-corrected chi connectivity index (χ0v) is 10.5. The Bertz CT molecular complexity index is 655. The van der Waals surface area contributed by atoms with Crippen molar-refractivity contribution in [2.75, 3.05) is 5.73 Å². The van der Waals surface area contributed by atoms with E-state index in [0.29, 0.717) is 0 Å². The number of allylic oxidation sites excluding steroid dienone is 2. The average molecular weight is 332 g/mol. The van der Waals surface area contributed by atoms with Crippen LogP contribution in [0.15, 0.2) is 23.7 Å². The van der Waals surface area contributed by atoms with Gasteiger partial charge in [0.15, 0.2) is 5.83 Å². The molecule has 0 bridgehead atoms. The topological polar surface area (TPSA) is 52.0 Å². The van der Waals surface area contributed by atoms with Crippen molar-refractivity contribution in [3.63, 3.8) is 0 Å². The third-order valence-corrected chi connectivity index (χ3v) is 3.33. The van der Waals surface area contributed by atoms with Crippen LogP contribution in [-0.2, 0) is 0 Å². The molecule has 2 unspecified atom stereocenters.